The minimum absolute atomic E-state index is 0.00460. The molecule has 5 aliphatic carbocycles. The number of hydrogen-bond donors (Lipinski definition) is 2. The highest BCUT2D eigenvalue weighted by molar-refractivity contribution is 5.76. The van der Waals surface area contributed by atoms with E-state index < -0.39 is 11.4 Å². The smallest absolute Gasteiger partial charge is 0.309 e. The van der Waals surface area contributed by atoms with Crippen molar-refractivity contribution >= 4 is 5.97 Å². The largest absolute Gasteiger partial charge is 0.481 e. The molecular weight excluding hydrogens is 396 g/mol. The first kappa shape index (κ1) is 22.9. The zero-order valence-corrected chi connectivity index (χ0v) is 21.3. The molecular formula is C29H46O3. The molecule has 0 radical (unpaired) electrons. The lowest BCUT2D eigenvalue weighted by atomic mass is 9.34. The summed E-state index contributed by atoms with van der Waals surface area (Å²) in [6.07, 6.45) is 9.21. The number of aliphatic hydroxyl groups excluding tert-OH is 1. The number of fused-ring (bicyclic) bond motifs is 7. The van der Waals surface area contributed by atoms with E-state index in [-0.39, 0.29) is 33.7 Å². The van der Waals surface area contributed by atoms with Crippen LogP contribution in [0.2, 0.25) is 0 Å². The van der Waals surface area contributed by atoms with E-state index in [1.54, 1.807) is 0 Å². The predicted octanol–water partition coefficient (Wildman–Crippen LogP) is 6.70. The van der Waals surface area contributed by atoms with Crippen molar-refractivity contribution in [2.24, 2.45) is 56.7 Å². The molecule has 5 fully saturated rings. The molecule has 3 heteroatoms. The first-order valence-electron chi connectivity index (χ1n) is 13.3. The summed E-state index contributed by atoms with van der Waals surface area (Å²) < 4.78 is 0. The van der Waals surface area contributed by atoms with Gasteiger partial charge in [0, 0.05) is 0 Å². The molecule has 0 amide bonds. The van der Waals surface area contributed by atoms with Crippen LogP contribution in [0.1, 0.15) is 99.3 Å². The highest BCUT2D eigenvalue weighted by Gasteiger charge is 2.72. The number of rotatable bonds is 2. The first-order valence-corrected chi connectivity index (χ1v) is 13.3. The van der Waals surface area contributed by atoms with E-state index in [0.29, 0.717) is 23.7 Å². The number of aliphatic hydroxyl groups is 1. The summed E-state index contributed by atoms with van der Waals surface area (Å²) in [4.78, 5) is 12.7. The maximum absolute atomic E-state index is 12.7. The molecule has 32 heavy (non-hydrogen) atoms. The summed E-state index contributed by atoms with van der Waals surface area (Å²) in [6.45, 7) is 18.7. The molecule has 0 aliphatic heterocycles. The number of carboxylic acid groups (broad SMARTS) is 1. The van der Waals surface area contributed by atoms with E-state index in [2.05, 4.69) is 48.1 Å². The molecule has 0 heterocycles. The van der Waals surface area contributed by atoms with Gasteiger partial charge in [0.2, 0.25) is 0 Å². The summed E-state index contributed by atoms with van der Waals surface area (Å²) >= 11 is 0. The molecule has 2 N–H and O–H groups in total. The van der Waals surface area contributed by atoms with E-state index in [4.69, 9.17) is 0 Å². The zero-order chi connectivity index (χ0) is 23.5. The Hall–Kier alpha value is -0.830. The fourth-order valence-corrected chi connectivity index (χ4v) is 11.3. The summed E-state index contributed by atoms with van der Waals surface area (Å²) in [5.41, 5.74) is 1.23. The van der Waals surface area contributed by atoms with Gasteiger partial charge in [0.1, 0.15) is 0 Å². The van der Waals surface area contributed by atoms with E-state index in [1.165, 1.54) is 24.8 Å². The molecule has 5 rings (SSSR count). The van der Waals surface area contributed by atoms with Crippen LogP contribution in [0, 0.1) is 56.7 Å². The van der Waals surface area contributed by atoms with Crippen LogP contribution in [0.3, 0.4) is 0 Å². The Balaban J connectivity index is 1.58. The number of aliphatic carboxylic acids is 1. The van der Waals surface area contributed by atoms with Crippen molar-refractivity contribution in [1.82, 2.24) is 0 Å². The van der Waals surface area contributed by atoms with Crippen LogP contribution in [-0.4, -0.2) is 22.3 Å². The van der Waals surface area contributed by atoms with Gasteiger partial charge in [-0.1, -0.05) is 46.8 Å². The predicted molar refractivity (Wildman–Crippen MR) is 128 cm³/mol. The van der Waals surface area contributed by atoms with Crippen molar-refractivity contribution in [3.63, 3.8) is 0 Å². The molecule has 5 aliphatic rings. The van der Waals surface area contributed by atoms with Crippen LogP contribution in [0.4, 0.5) is 0 Å². The number of hydrogen-bond acceptors (Lipinski definition) is 2. The minimum atomic E-state index is -0.545. The first-order chi connectivity index (χ1) is 14.8. The van der Waals surface area contributed by atoms with Gasteiger partial charge in [-0.3, -0.25) is 4.79 Å². The Labute approximate surface area is 195 Å². The second-order valence-corrected chi connectivity index (χ2v) is 14.2. The van der Waals surface area contributed by atoms with Crippen LogP contribution < -0.4 is 0 Å². The van der Waals surface area contributed by atoms with Gasteiger partial charge in [-0.15, -0.1) is 0 Å². The highest BCUT2D eigenvalue weighted by atomic mass is 16.4. The maximum atomic E-state index is 12.7. The normalized spacial score (nSPS) is 56.0. The van der Waals surface area contributed by atoms with Gasteiger partial charge in [0.25, 0.3) is 0 Å². The standard InChI is InChI=1S/C29H46O3/c1-17(2)18-10-13-29(24(31)32)15-14-27(6)19(23(18)29)8-9-21-26(5)16-22(30)25(3,4)20(26)11-12-28(21,27)7/h18-23,30H,1,8-16H2,2-7H3,(H,31,32)/t18-,19+,20-,21+,22-,23+,26-,27+,28+,29-/m0/s1. The summed E-state index contributed by atoms with van der Waals surface area (Å²) in [5.74, 6) is 1.72. The minimum Gasteiger partial charge on any atom is -0.481 e. The lowest BCUT2D eigenvalue weighted by molar-refractivity contribution is -0.221. The Bertz CT molecular complexity index is 845. The van der Waals surface area contributed by atoms with Gasteiger partial charge in [0.15, 0.2) is 0 Å². The van der Waals surface area contributed by atoms with Crippen LogP contribution in [-0.2, 0) is 4.79 Å². The SMILES string of the molecule is C=C(C)[C@@H]1CC[C@]2(C(=O)O)CC[C@]3(C)[C@H](CC[C@@H]4[C@@]5(C)C[C@H](O)C(C)(C)[C@@H]5CC[C@]43C)[C@@H]12. The molecule has 0 unspecified atom stereocenters. The molecule has 0 bridgehead atoms. The molecule has 0 aromatic carbocycles. The fraction of sp³-hybridized carbons (Fsp3) is 0.897. The Kier molecular flexibility index (Phi) is 4.76. The zero-order valence-electron chi connectivity index (χ0n) is 21.3. The average Bonchev–Trinajstić information content (AvgIpc) is 3.17. The van der Waals surface area contributed by atoms with Crippen LogP contribution in [0.25, 0.3) is 0 Å². The average molecular weight is 443 g/mol. The lowest BCUT2D eigenvalue weighted by Crippen LogP contribution is -2.64. The van der Waals surface area contributed by atoms with Gasteiger partial charge in [-0.2, -0.15) is 0 Å². The van der Waals surface area contributed by atoms with Crippen LogP contribution in [0.15, 0.2) is 12.2 Å². The Morgan fingerprint density at radius 3 is 2.19 bits per heavy atom. The third-order valence-electron chi connectivity index (χ3n) is 13.1. The van der Waals surface area contributed by atoms with Crippen molar-refractivity contribution in [2.75, 3.05) is 0 Å². The van der Waals surface area contributed by atoms with Crippen molar-refractivity contribution in [1.29, 1.82) is 0 Å². The Morgan fingerprint density at radius 1 is 0.875 bits per heavy atom. The van der Waals surface area contributed by atoms with Gasteiger partial charge >= 0.3 is 5.97 Å². The fourth-order valence-electron chi connectivity index (χ4n) is 11.3. The van der Waals surface area contributed by atoms with Gasteiger partial charge in [0.05, 0.1) is 11.5 Å². The van der Waals surface area contributed by atoms with Crippen LogP contribution in [0.5, 0.6) is 0 Å². The van der Waals surface area contributed by atoms with Gasteiger partial charge < -0.3 is 10.2 Å². The molecule has 5 saturated carbocycles. The number of carbonyl (C=O) groups is 1. The summed E-state index contributed by atoms with van der Waals surface area (Å²) in [7, 11) is 0. The molecule has 3 nitrogen and oxygen atoms in total. The molecule has 0 aromatic heterocycles. The van der Waals surface area contributed by atoms with Crippen molar-refractivity contribution in [2.45, 2.75) is 105 Å². The second kappa shape index (κ2) is 6.64. The highest BCUT2D eigenvalue weighted by Crippen LogP contribution is 2.78. The summed E-state index contributed by atoms with van der Waals surface area (Å²) in [6, 6.07) is 0. The molecule has 180 valence electrons. The molecule has 0 aromatic rings. The second-order valence-electron chi connectivity index (χ2n) is 14.2. The lowest BCUT2D eigenvalue weighted by Gasteiger charge is -2.70. The third-order valence-corrected chi connectivity index (χ3v) is 13.1. The van der Waals surface area contributed by atoms with E-state index >= 15 is 0 Å². The molecule has 0 spiro atoms. The van der Waals surface area contributed by atoms with E-state index in [0.717, 1.165) is 38.5 Å². The summed E-state index contributed by atoms with van der Waals surface area (Å²) in [5, 5.41) is 21.5. The van der Waals surface area contributed by atoms with Crippen molar-refractivity contribution in [3.05, 3.63) is 12.2 Å². The molecule has 0 saturated heterocycles. The maximum Gasteiger partial charge on any atom is 0.309 e. The van der Waals surface area contributed by atoms with E-state index in [1.807, 2.05) is 0 Å². The number of carboxylic acids is 1. The Morgan fingerprint density at radius 2 is 1.56 bits per heavy atom. The third kappa shape index (κ3) is 2.45. The molecule has 10 atom stereocenters. The number of allylic oxidation sites excluding steroid dienone is 1. The monoisotopic (exact) mass is 442 g/mol. The quantitative estimate of drug-likeness (QED) is 0.468. The van der Waals surface area contributed by atoms with Gasteiger partial charge in [-0.25, -0.2) is 0 Å². The van der Waals surface area contributed by atoms with Crippen molar-refractivity contribution in [3.8, 4) is 0 Å². The van der Waals surface area contributed by atoms with Crippen LogP contribution >= 0.6 is 0 Å². The van der Waals surface area contributed by atoms with E-state index in [9.17, 15) is 15.0 Å². The van der Waals surface area contributed by atoms with Crippen molar-refractivity contribution < 1.29 is 15.0 Å². The topological polar surface area (TPSA) is 57.5 Å². The van der Waals surface area contributed by atoms with Gasteiger partial charge in [-0.05, 0) is 116 Å².